The standard InChI is InChI=1S/C18H19N5O3S/c1-10-4-15(26-14-3-2-11-6-19-9-21-16(11)14)17(20-5-10)23-18-22-12(8-27-18)13(25)7-24/h4-6,8-9,13-14,24-25H,2-3,7H2,1H3,(H,20,22,23). The molecule has 0 amide bonds. The zero-order chi connectivity index (χ0) is 18.8. The molecule has 1 aliphatic rings. The molecule has 2 atom stereocenters. The van der Waals surface area contributed by atoms with Crippen molar-refractivity contribution in [3.63, 3.8) is 0 Å². The SMILES string of the molecule is Cc1cnc(Nc2nc(C(O)CO)cs2)c(OC2CCc3cncnc32)c1. The zero-order valence-electron chi connectivity index (χ0n) is 14.7. The summed E-state index contributed by atoms with van der Waals surface area (Å²) >= 11 is 1.32. The number of hydrogen-bond donors (Lipinski definition) is 3. The maximum Gasteiger partial charge on any atom is 0.188 e. The van der Waals surface area contributed by atoms with E-state index in [1.807, 2.05) is 19.2 Å². The lowest BCUT2D eigenvalue weighted by molar-refractivity contribution is 0.0928. The molecular formula is C18H19N5O3S. The molecule has 3 heterocycles. The van der Waals surface area contributed by atoms with E-state index >= 15 is 0 Å². The second-order valence-electron chi connectivity index (χ2n) is 6.34. The predicted octanol–water partition coefficient (Wildman–Crippen LogP) is 2.47. The number of hydrogen-bond acceptors (Lipinski definition) is 9. The van der Waals surface area contributed by atoms with E-state index in [1.165, 1.54) is 17.7 Å². The third kappa shape index (κ3) is 3.75. The fraction of sp³-hybridized carbons (Fsp3) is 0.333. The predicted molar refractivity (Wildman–Crippen MR) is 100 cm³/mol. The van der Waals surface area contributed by atoms with Crippen LogP contribution in [-0.4, -0.2) is 36.8 Å². The van der Waals surface area contributed by atoms with Gasteiger partial charge in [0, 0.05) is 17.8 Å². The van der Waals surface area contributed by atoms with E-state index in [4.69, 9.17) is 9.84 Å². The van der Waals surface area contributed by atoms with E-state index in [-0.39, 0.29) is 12.7 Å². The molecule has 1 aliphatic carbocycles. The number of ether oxygens (including phenoxy) is 1. The quantitative estimate of drug-likeness (QED) is 0.593. The van der Waals surface area contributed by atoms with Gasteiger partial charge in [-0.05, 0) is 37.0 Å². The minimum Gasteiger partial charge on any atom is -0.480 e. The number of nitrogens with zero attached hydrogens (tertiary/aromatic N) is 4. The van der Waals surface area contributed by atoms with Gasteiger partial charge in [0.2, 0.25) is 0 Å². The van der Waals surface area contributed by atoms with Gasteiger partial charge in [-0.3, -0.25) is 0 Å². The Morgan fingerprint density at radius 1 is 1.37 bits per heavy atom. The van der Waals surface area contributed by atoms with Crippen molar-refractivity contribution in [1.29, 1.82) is 0 Å². The van der Waals surface area contributed by atoms with E-state index < -0.39 is 6.10 Å². The largest absolute Gasteiger partial charge is 0.480 e. The first-order valence-electron chi connectivity index (χ1n) is 8.57. The number of thiazole rings is 1. The molecular weight excluding hydrogens is 366 g/mol. The van der Waals surface area contributed by atoms with E-state index in [2.05, 4.69) is 25.3 Å². The van der Waals surface area contributed by atoms with Crippen molar-refractivity contribution in [2.75, 3.05) is 11.9 Å². The fourth-order valence-electron chi connectivity index (χ4n) is 2.96. The Morgan fingerprint density at radius 2 is 2.26 bits per heavy atom. The molecule has 140 valence electrons. The number of fused-ring (bicyclic) bond motifs is 1. The van der Waals surface area contributed by atoms with Crippen LogP contribution in [0.1, 0.15) is 41.1 Å². The average molecular weight is 385 g/mol. The van der Waals surface area contributed by atoms with Crippen LogP contribution in [0, 0.1) is 6.92 Å². The van der Waals surface area contributed by atoms with Crippen molar-refractivity contribution in [2.45, 2.75) is 32.0 Å². The van der Waals surface area contributed by atoms with Crippen LogP contribution in [0.2, 0.25) is 0 Å². The topological polar surface area (TPSA) is 113 Å². The third-order valence-corrected chi connectivity index (χ3v) is 5.10. The molecule has 9 heteroatoms. The Hall–Kier alpha value is -2.62. The summed E-state index contributed by atoms with van der Waals surface area (Å²) in [6, 6.07) is 1.92. The first-order valence-corrected chi connectivity index (χ1v) is 9.45. The monoisotopic (exact) mass is 385 g/mol. The maximum atomic E-state index is 9.70. The Morgan fingerprint density at radius 3 is 3.11 bits per heavy atom. The summed E-state index contributed by atoms with van der Waals surface area (Å²) in [4.78, 5) is 17.2. The minimum atomic E-state index is -0.992. The molecule has 0 spiro atoms. The number of aromatic nitrogens is 4. The van der Waals surface area contributed by atoms with Gasteiger partial charge in [-0.1, -0.05) is 0 Å². The zero-order valence-corrected chi connectivity index (χ0v) is 15.5. The molecule has 2 unspecified atom stereocenters. The summed E-state index contributed by atoms with van der Waals surface area (Å²) in [5.74, 6) is 1.16. The Kier molecular flexibility index (Phi) is 4.97. The minimum absolute atomic E-state index is 0.143. The first-order chi connectivity index (χ1) is 13.1. The molecule has 8 nitrogen and oxygen atoms in total. The van der Waals surface area contributed by atoms with Crippen molar-refractivity contribution in [2.24, 2.45) is 0 Å². The van der Waals surface area contributed by atoms with Crippen LogP contribution in [0.25, 0.3) is 0 Å². The number of rotatable bonds is 6. The van der Waals surface area contributed by atoms with E-state index in [9.17, 15) is 5.11 Å². The third-order valence-electron chi connectivity index (χ3n) is 4.32. The molecule has 0 saturated carbocycles. The molecule has 0 aliphatic heterocycles. The molecule has 0 fully saturated rings. The van der Waals surface area contributed by atoms with Crippen LogP contribution >= 0.6 is 11.3 Å². The van der Waals surface area contributed by atoms with Crippen molar-refractivity contribution < 1.29 is 14.9 Å². The second-order valence-corrected chi connectivity index (χ2v) is 7.20. The maximum absolute atomic E-state index is 9.70. The normalized spacial score (nSPS) is 16.8. The number of aryl methyl sites for hydroxylation is 2. The summed E-state index contributed by atoms with van der Waals surface area (Å²) < 4.78 is 6.23. The summed E-state index contributed by atoms with van der Waals surface area (Å²) in [5, 5.41) is 24.2. The number of pyridine rings is 1. The molecule has 0 radical (unpaired) electrons. The second kappa shape index (κ2) is 7.55. The highest BCUT2D eigenvalue weighted by molar-refractivity contribution is 7.13. The van der Waals surface area contributed by atoms with Crippen LogP contribution in [0.15, 0.2) is 30.2 Å². The van der Waals surface area contributed by atoms with Gasteiger partial charge in [-0.25, -0.2) is 19.9 Å². The van der Waals surface area contributed by atoms with E-state index in [0.29, 0.717) is 22.4 Å². The van der Waals surface area contributed by atoms with E-state index in [1.54, 1.807) is 11.6 Å². The number of aliphatic hydroxyl groups excluding tert-OH is 2. The van der Waals surface area contributed by atoms with Gasteiger partial charge in [0.1, 0.15) is 18.5 Å². The molecule has 27 heavy (non-hydrogen) atoms. The summed E-state index contributed by atoms with van der Waals surface area (Å²) in [6.45, 7) is 1.58. The molecule has 3 aromatic heterocycles. The van der Waals surface area contributed by atoms with Gasteiger partial charge < -0.3 is 20.3 Å². The lowest BCUT2D eigenvalue weighted by atomic mass is 10.2. The molecule has 3 N–H and O–H groups in total. The van der Waals surface area contributed by atoms with Gasteiger partial charge in [-0.2, -0.15) is 0 Å². The summed E-state index contributed by atoms with van der Waals surface area (Å²) in [7, 11) is 0. The van der Waals surface area contributed by atoms with Crippen LogP contribution in [0.5, 0.6) is 5.75 Å². The van der Waals surface area contributed by atoms with Gasteiger partial charge >= 0.3 is 0 Å². The lowest BCUT2D eigenvalue weighted by Crippen LogP contribution is -2.08. The summed E-state index contributed by atoms with van der Waals surface area (Å²) in [6.07, 6.45) is 5.71. The van der Waals surface area contributed by atoms with Gasteiger partial charge in [-0.15, -0.1) is 11.3 Å². The van der Waals surface area contributed by atoms with E-state index in [0.717, 1.165) is 29.7 Å². The highest BCUT2D eigenvalue weighted by Crippen LogP contribution is 2.36. The lowest BCUT2D eigenvalue weighted by Gasteiger charge is -2.17. The molecule has 0 saturated heterocycles. The highest BCUT2D eigenvalue weighted by atomic mass is 32.1. The van der Waals surface area contributed by atoms with Crippen LogP contribution in [-0.2, 0) is 6.42 Å². The number of nitrogens with one attached hydrogen (secondary N) is 1. The van der Waals surface area contributed by atoms with Crippen molar-refractivity contribution >= 4 is 22.3 Å². The molecule has 3 aromatic rings. The van der Waals surface area contributed by atoms with Crippen LogP contribution in [0.3, 0.4) is 0 Å². The van der Waals surface area contributed by atoms with Gasteiger partial charge in [0.25, 0.3) is 0 Å². The molecule has 0 bridgehead atoms. The van der Waals surface area contributed by atoms with Crippen molar-refractivity contribution in [3.8, 4) is 5.75 Å². The Labute approximate surface area is 160 Å². The number of aliphatic hydroxyl groups is 2. The fourth-order valence-corrected chi connectivity index (χ4v) is 3.72. The van der Waals surface area contributed by atoms with Crippen molar-refractivity contribution in [1.82, 2.24) is 19.9 Å². The van der Waals surface area contributed by atoms with Gasteiger partial charge in [0.15, 0.2) is 16.7 Å². The molecule has 4 rings (SSSR count). The number of anilines is 2. The molecule has 0 aromatic carbocycles. The van der Waals surface area contributed by atoms with Crippen LogP contribution < -0.4 is 10.1 Å². The van der Waals surface area contributed by atoms with Crippen molar-refractivity contribution in [3.05, 3.63) is 52.7 Å². The first kappa shape index (κ1) is 17.8. The summed E-state index contributed by atoms with van der Waals surface area (Å²) in [5.41, 5.74) is 3.42. The Balaban J connectivity index is 1.57. The Bertz CT molecular complexity index is 948. The average Bonchev–Trinajstić information content (AvgIpc) is 3.31. The van der Waals surface area contributed by atoms with Crippen LogP contribution in [0.4, 0.5) is 10.9 Å². The smallest absolute Gasteiger partial charge is 0.188 e. The van der Waals surface area contributed by atoms with Gasteiger partial charge in [0.05, 0.1) is 18.0 Å². The highest BCUT2D eigenvalue weighted by Gasteiger charge is 2.27.